The minimum Gasteiger partial charge on any atom is -0.464 e. The zero-order valence-electron chi connectivity index (χ0n) is 15.1. The van der Waals surface area contributed by atoms with Gasteiger partial charge in [-0.25, -0.2) is 4.21 Å². The average molecular weight is 367 g/mol. The molecule has 0 aromatic carbocycles. The molecule has 0 spiro atoms. The third kappa shape index (κ3) is 6.83. The van der Waals surface area contributed by atoms with Crippen molar-refractivity contribution >= 4 is 32.6 Å². The molecule has 0 radical (unpaired) electrons. The molecule has 7 heteroatoms. The summed E-state index contributed by atoms with van der Waals surface area (Å²) in [4.78, 5) is 22.3. The van der Waals surface area contributed by atoms with Gasteiger partial charge in [-0.3, -0.25) is 9.59 Å². The van der Waals surface area contributed by atoms with Crippen LogP contribution < -0.4 is 0 Å². The minimum atomic E-state index is -1.27. The Morgan fingerprint density at radius 1 is 0.870 bits per heavy atom. The first-order valence-corrected chi connectivity index (χ1v) is 10.6. The van der Waals surface area contributed by atoms with Crippen LogP contribution >= 0.6 is 10.8 Å². The summed E-state index contributed by atoms with van der Waals surface area (Å²) in [6, 6.07) is 0. The zero-order chi connectivity index (χ0) is 18.1. The molecule has 23 heavy (non-hydrogen) atoms. The molecule has 0 aromatic heterocycles. The van der Waals surface area contributed by atoms with Gasteiger partial charge in [-0.15, -0.1) is 0 Å². The molecular formula is C16H30O5S2. The van der Waals surface area contributed by atoms with Crippen LogP contribution in [0.25, 0.3) is 0 Å². The molecule has 1 atom stereocenters. The highest BCUT2D eigenvalue weighted by molar-refractivity contribution is 8.70. The predicted molar refractivity (Wildman–Crippen MR) is 95.6 cm³/mol. The molecule has 0 aliphatic carbocycles. The molecule has 0 bridgehead atoms. The number of carbonyl (C=O) groups is 2. The van der Waals surface area contributed by atoms with E-state index >= 15 is 0 Å². The van der Waals surface area contributed by atoms with Crippen molar-refractivity contribution in [3.05, 3.63) is 0 Å². The van der Waals surface area contributed by atoms with Crippen LogP contribution in [0, 0.1) is 0 Å². The molecule has 0 saturated carbocycles. The monoisotopic (exact) mass is 366 g/mol. The summed E-state index contributed by atoms with van der Waals surface area (Å²) in [5.74, 6) is -0.699. The fourth-order valence-corrected chi connectivity index (χ4v) is 6.71. The van der Waals surface area contributed by atoms with Crippen LogP contribution in [0.15, 0.2) is 0 Å². The van der Waals surface area contributed by atoms with E-state index in [2.05, 4.69) is 0 Å². The highest BCUT2D eigenvalue weighted by atomic mass is 33.1. The second kappa shape index (κ2) is 10.3. The maximum Gasteiger partial charge on any atom is 0.302 e. The predicted octanol–water partition coefficient (Wildman–Crippen LogP) is 3.63. The van der Waals surface area contributed by atoms with Crippen LogP contribution in [0.1, 0.15) is 67.2 Å². The average Bonchev–Trinajstić information content (AvgIpc) is 2.52. The van der Waals surface area contributed by atoms with Crippen LogP contribution in [0.2, 0.25) is 0 Å². The number of hydrogen-bond donors (Lipinski definition) is 0. The Balaban J connectivity index is 5.23. The van der Waals surface area contributed by atoms with Crippen LogP contribution in [-0.2, 0) is 28.9 Å². The van der Waals surface area contributed by atoms with Gasteiger partial charge in [0.05, 0.1) is 19.3 Å². The molecule has 0 amide bonds. The first-order chi connectivity index (χ1) is 10.7. The fourth-order valence-electron chi connectivity index (χ4n) is 2.05. The Bertz CT molecular complexity index is 415. The summed E-state index contributed by atoms with van der Waals surface area (Å²) in [6.07, 6.45) is 2.77. The topological polar surface area (TPSA) is 69.7 Å². The number of rotatable bonds is 11. The molecule has 0 aliphatic heterocycles. The van der Waals surface area contributed by atoms with E-state index in [1.54, 1.807) is 0 Å². The van der Waals surface area contributed by atoms with Crippen molar-refractivity contribution in [2.24, 2.45) is 0 Å². The Morgan fingerprint density at radius 3 is 1.65 bits per heavy atom. The van der Waals surface area contributed by atoms with E-state index in [0.29, 0.717) is 12.8 Å². The lowest BCUT2D eigenvalue weighted by Crippen LogP contribution is -2.41. The fraction of sp³-hybridized carbons (Fsp3) is 0.875. The van der Waals surface area contributed by atoms with Gasteiger partial charge in [-0.1, -0.05) is 38.5 Å². The summed E-state index contributed by atoms with van der Waals surface area (Å²) >= 11 is 0. The third-order valence-electron chi connectivity index (χ3n) is 4.26. The molecule has 136 valence electrons. The molecule has 0 aliphatic rings. The van der Waals surface area contributed by atoms with Gasteiger partial charge >= 0.3 is 11.9 Å². The van der Waals surface area contributed by atoms with Crippen molar-refractivity contribution in [1.29, 1.82) is 0 Å². The summed E-state index contributed by atoms with van der Waals surface area (Å²) < 4.78 is 22.4. The zero-order valence-corrected chi connectivity index (χ0v) is 16.7. The molecule has 1 unspecified atom stereocenters. The Morgan fingerprint density at radius 2 is 1.30 bits per heavy atom. The molecule has 0 rings (SSSR count). The van der Waals surface area contributed by atoms with Crippen molar-refractivity contribution in [3.63, 3.8) is 0 Å². The lowest BCUT2D eigenvalue weighted by atomic mass is 10.0. The van der Waals surface area contributed by atoms with Crippen molar-refractivity contribution in [2.45, 2.75) is 76.7 Å². The molecule has 0 N–H and O–H groups in total. The van der Waals surface area contributed by atoms with Gasteiger partial charge < -0.3 is 9.47 Å². The molecular weight excluding hydrogens is 336 g/mol. The Labute approximate surface area is 146 Å². The highest BCUT2D eigenvalue weighted by Crippen LogP contribution is 2.42. The molecule has 0 heterocycles. The van der Waals surface area contributed by atoms with E-state index in [-0.39, 0.29) is 29.9 Å². The summed E-state index contributed by atoms with van der Waals surface area (Å²) in [5, 5.41) is 0. The lowest BCUT2D eigenvalue weighted by molar-refractivity contribution is -0.142. The van der Waals surface area contributed by atoms with E-state index in [1.165, 1.54) is 24.6 Å². The van der Waals surface area contributed by atoms with Gasteiger partial charge in [0.2, 0.25) is 0 Å². The van der Waals surface area contributed by atoms with E-state index in [1.807, 2.05) is 27.7 Å². The summed E-state index contributed by atoms with van der Waals surface area (Å²) in [7, 11) is 0.0770. The van der Waals surface area contributed by atoms with Crippen LogP contribution in [-0.4, -0.2) is 38.9 Å². The van der Waals surface area contributed by atoms with Crippen molar-refractivity contribution in [1.82, 2.24) is 0 Å². The summed E-state index contributed by atoms with van der Waals surface area (Å²) in [5.41, 5.74) is 0. The third-order valence-corrected chi connectivity index (χ3v) is 9.44. The Hall–Kier alpha value is -0.560. The van der Waals surface area contributed by atoms with E-state index in [4.69, 9.17) is 9.47 Å². The van der Waals surface area contributed by atoms with E-state index < -0.39 is 14.6 Å². The van der Waals surface area contributed by atoms with Gasteiger partial charge in [-0.2, -0.15) is 0 Å². The first kappa shape index (κ1) is 22.4. The minimum absolute atomic E-state index is 0.145. The largest absolute Gasteiger partial charge is 0.464 e. The number of esters is 2. The van der Waals surface area contributed by atoms with Gasteiger partial charge in [-0.05, 0) is 25.7 Å². The van der Waals surface area contributed by atoms with Crippen molar-refractivity contribution in [2.75, 3.05) is 13.2 Å². The molecule has 0 fully saturated rings. The van der Waals surface area contributed by atoms with Gasteiger partial charge in [0.25, 0.3) is 0 Å². The van der Waals surface area contributed by atoms with Crippen LogP contribution in [0.4, 0.5) is 0 Å². The van der Waals surface area contributed by atoms with Gasteiger partial charge in [0, 0.05) is 13.8 Å². The molecule has 5 nitrogen and oxygen atoms in total. The lowest BCUT2D eigenvalue weighted by Gasteiger charge is -2.35. The van der Waals surface area contributed by atoms with Crippen molar-refractivity contribution in [3.8, 4) is 0 Å². The maximum absolute atomic E-state index is 13.1. The van der Waals surface area contributed by atoms with Gasteiger partial charge in [0.15, 0.2) is 0 Å². The first-order valence-electron chi connectivity index (χ1n) is 8.09. The van der Waals surface area contributed by atoms with Crippen LogP contribution in [0.5, 0.6) is 0 Å². The molecule has 0 aromatic rings. The normalized spacial score (nSPS) is 13.5. The number of hydrogen-bond acceptors (Lipinski definition) is 6. The quantitative estimate of drug-likeness (QED) is 0.411. The molecule has 0 saturated heterocycles. The highest BCUT2D eigenvalue weighted by Gasteiger charge is 2.41. The van der Waals surface area contributed by atoms with E-state index in [0.717, 1.165) is 12.8 Å². The van der Waals surface area contributed by atoms with Crippen LogP contribution in [0.3, 0.4) is 0 Å². The maximum atomic E-state index is 13.1. The number of carbonyl (C=O) groups excluding carboxylic acids is 2. The van der Waals surface area contributed by atoms with E-state index in [9.17, 15) is 13.8 Å². The summed E-state index contributed by atoms with van der Waals surface area (Å²) in [6.45, 7) is 11.0. The second-order valence-electron chi connectivity index (χ2n) is 5.66. The van der Waals surface area contributed by atoms with Crippen molar-refractivity contribution < 1.29 is 23.3 Å². The second-order valence-corrected chi connectivity index (χ2v) is 9.44. The number of ether oxygens (including phenoxy) is 2. The van der Waals surface area contributed by atoms with Gasteiger partial charge in [0.1, 0.15) is 13.2 Å². The standard InChI is InChI=1S/C16H30O5S2/c1-7-15(8-2,11-20-13(5)17)22-23(19)16(9-3,10-4)12-21-14(6)18/h7-12H2,1-6H3. The Kier molecular flexibility index (Phi) is 10.1. The smallest absolute Gasteiger partial charge is 0.302 e. The SMILES string of the molecule is CCC(CC)(COC(C)=O)SS(=O)C(CC)(CC)COC(C)=O.